The van der Waals surface area contributed by atoms with E-state index in [0.29, 0.717) is 21.3 Å². The summed E-state index contributed by atoms with van der Waals surface area (Å²) in [6.45, 7) is 1.43. The van der Waals surface area contributed by atoms with E-state index in [9.17, 15) is 19.7 Å². The molecule has 0 saturated carbocycles. The molecule has 3 aromatic rings. The summed E-state index contributed by atoms with van der Waals surface area (Å²) in [5.41, 5.74) is 2.79. The van der Waals surface area contributed by atoms with E-state index in [1.165, 1.54) is 38.4 Å². The predicted molar refractivity (Wildman–Crippen MR) is 131 cm³/mol. The molecular formula is C24H20BrN3O7. The van der Waals surface area contributed by atoms with Gasteiger partial charge in [-0.1, -0.05) is 28.1 Å². The third-order valence-corrected chi connectivity index (χ3v) is 5.11. The number of hydrogen-bond donors (Lipinski definition) is 1. The zero-order valence-electron chi connectivity index (χ0n) is 18.6. The monoisotopic (exact) mass is 541 g/mol. The van der Waals surface area contributed by atoms with Crippen molar-refractivity contribution in [2.24, 2.45) is 5.10 Å². The average molecular weight is 542 g/mol. The van der Waals surface area contributed by atoms with Gasteiger partial charge in [0.25, 0.3) is 5.91 Å². The summed E-state index contributed by atoms with van der Waals surface area (Å²) in [5, 5.41) is 15.0. The van der Waals surface area contributed by atoms with E-state index in [-0.39, 0.29) is 17.2 Å². The van der Waals surface area contributed by atoms with Gasteiger partial charge in [0.2, 0.25) is 0 Å². The molecule has 0 fully saturated rings. The fourth-order valence-corrected chi connectivity index (χ4v) is 3.19. The lowest BCUT2D eigenvalue weighted by Gasteiger charge is -2.13. The van der Waals surface area contributed by atoms with Gasteiger partial charge in [0.15, 0.2) is 11.9 Å². The van der Waals surface area contributed by atoms with Crippen LogP contribution in [0.5, 0.6) is 17.2 Å². The second-order valence-electron chi connectivity index (χ2n) is 7.02. The number of carbonyl (C=O) groups excluding carboxylic acids is 2. The molecule has 3 aromatic carbocycles. The maximum atomic E-state index is 12.5. The number of nitro benzene ring substituents is 1. The van der Waals surface area contributed by atoms with Crippen molar-refractivity contribution < 1.29 is 28.7 Å². The Kier molecular flexibility index (Phi) is 8.52. The first kappa shape index (κ1) is 25.4. The van der Waals surface area contributed by atoms with Crippen LogP contribution in [-0.4, -0.2) is 36.2 Å². The van der Waals surface area contributed by atoms with Crippen molar-refractivity contribution in [2.75, 3.05) is 7.11 Å². The smallest absolute Gasteiger partial charge is 0.343 e. The molecule has 1 atom stereocenters. The van der Waals surface area contributed by atoms with Gasteiger partial charge in [-0.25, -0.2) is 10.2 Å². The second-order valence-corrected chi connectivity index (χ2v) is 7.94. The summed E-state index contributed by atoms with van der Waals surface area (Å²) in [4.78, 5) is 35.4. The molecule has 0 aromatic heterocycles. The second kappa shape index (κ2) is 11.7. The van der Waals surface area contributed by atoms with E-state index in [2.05, 4.69) is 26.5 Å². The number of hydrazone groups is 1. The zero-order valence-corrected chi connectivity index (χ0v) is 20.2. The number of benzene rings is 3. The van der Waals surface area contributed by atoms with Gasteiger partial charge in [0.05, 0.1) is 23.8 Å². The number of hydrogen-bond acceptors (Lipinski definition) is 8. The predicted octanol–water partition coefficient (Wildman–Crippen LogP) is 4.50. The standard InChI is InChI=1S/C24H20BrN3O7/c1-15(34-22-6-4-3-5-20(22)28(31)32)23(29)27-26-14-17-13-18(25)9-12-21(17)35-24(30)16-7-10-19(33-2)11-8-16/h3-15H,1-2H3,(H,27,29). The Morgan fingerprint density at radius 3 is 2.49 bits per heavy atom. The molecular weight excluding hydrogens is 522 g/mol. The first-order valence-corrected chi connectivity index (χ1v) is 11.0. The number of halogens is 1. The Balaban J connectivity index is 1.67. The molecule has 0 spiro atoms. The Morgan fingerprint density at radius 1 is 1.09 bits per heavy atom. The van der Waals surface area contributed by atoms with Gasteiger partial charge in [-0.05, 0) is 55.5 Å². The molecule has 0 aliphatic rings. The minimum atomic E-state index is -1.07. The lowest BCUT2D eigenvalue weighted by molar-refractivity contribution is -0.386. The van der Waals surface area contributed by atoms with E-state index in [0.717, 1.165) is 0 Å². The number of nitrogens with zero attached hydrogens (tertiary/aromatic N) is 2. The third kappa shape index (κ3) is 6.87. The van der Waals surface area contributed by atoms with Crippen molar-refractivity contribution >= 4 is 39.7 Å². The van der Waals surface area contributed by atoms with E-state index in [4.69, 9.17) is 14.2 Å². The molecule has 1 amide bonds. The topological polar surface area (TPSA) is 129 Å². The van der Waals surface area contributed by atoms with Crippen LogP contribution in [0.1, 0.15) is 22.8 Å². The number of ether oxygens (including phenoxy) is 3. The quantitative estimate of drug-likeness (QED) is 0.139. The average Bonchev–Trinajstić information content (AvgIpc) is 2.85. The van der Waals surface area contributed by atoms with Crippen molar-refractivity contribution in [2.45, 2.75) is 13.0 Å². The maximum Gasteiger partial charge on any atom is 0.343 e. The highest BCUT2D eigenvalue weighted by molar-refractivity contribution is 9.10. The van der Waals surface area contributed by atoms with Crippen LogP contribution >= 0.6 is 15.9 Å². The molecule has 35 heavy (non-hydrogen) atoms. The molecule has 1 N–H and O–H groups in total. The highest BCUT2D eigenvalue weighted by Crippen LogP contribution is 2.27. The van der Waals surface area contributed by atoms with E-state index >= 15 is 0 Å². The van der Waals surface area contributed by atoms with Gasteiger partial charge in [-0.15, -0.1) is 0 Å². The third-order valence-electron chi connectivity index (χ3n) is 4.61. The molecule has 11 heteroatoms. The van der Waals surface area contributed by atoms with Crippen LogP contribution in [0.2, 0.25) is 0 Å². The number of nitro groups is 1. The highest BCUT2D eigenvalue weighted by atomic mass is 79.9. The van der Waals surface area contributed by atoms with Crippen molar-refractivity contribution in [1.82, 2.24) is 5.43 Å². The molecule has 0 aliphatic carbocycles. The Morgan fingerprint density at radius 2 is 1.80 bits per heavy atom. The van der Waals surface area contributed by atoms with Gasteiger partial charge < -0.3 is 14.2 Å². The van der Waals surface area contributed by atoms with Crippen LogP contribution in [0.3, 0.4) is 0 Å². The molecule has 3 rings (SSSR count). The zero-order chi connectivity index (χ0) is 25.4. The Hall–Kier alpha value is -4.25. The number of rotatable bonds is 9. The van der Waals surface area contributed by atoms with Crippen LogP contribution in [0.15, 0.2) is 76.3 Å². The molecule has 0 bridgehead atoms. The number of carbonyl (C=O) groups is 2. The molecule has 0 saturated heterocycles. The number of amides is 1. The highest BCUT2D eigenvalue weighted by Gasteiger charge is 2.20. The first-order chi connectivity index (χ1) is 16.8. The van der Waals surface area contributed by atoms with Crippen molar-refractivity contribution in [1.29, 1.82) is 0 Å². The van der Waals surface area contributed by atoms with Crippen LogP contribution in [-0.2, 0) is 4.79 Å². The van der Waals surface area contributed by atoms with Gasteiger partial charge in [0, 0.05) is 16.1 Å². The first-order valence-electron chi connectivity index (χ1n) is 10.2. The van der Waals surface area contributed by atoms with Crippen molar-refractivity contribution in [3.8, 4) is 17.2 Å². The SMILES string of the molecule is COc1ccc(C(=O)Oc2ccc(Br)cc2C=NNC(=O)C(C)Oc2ccccc2[N+](=O)[O-])cc1. The summed E-state index contributed by atoms with van der Waals surface area (Å²) in [6, 6.07) is 17.1. The van der Waals surface area contributed by atoms with Crippen molar-refractivity contribution in [3.05, 3.63) is 92.4 Å². The molecule has 0 radical (unpaired) electrons. The van der Waals surface area contributed by atoms with E-state index in [1.54, 1.807) is 48.5 Å². The van der Waals surface area contributed by atoms with Crippen LogP contribution in [0.4, 0.5) is 5.69 Å². The summed E-state index contributed by atoms with van der Waals surface area (Å²) in [7, 11) is 1.53. The van der Waals surface area contributed by atoms with Gasteiger partial charge in [-0.3, -0.25) is 14.9 Å². The minimum Gasteiger partial charge on any atom is -0.497 e. The molecule has 1 unspecified atom stereocenters. The summed E-state index contributed by atoms with van der Waals surface area (Å²) >= 11 is 3.34. The molecule has 0 heterocycles. The van der Waals surface area contributed by atoms with E-state index < -0.39 is 22.9 Å². The fraction of sp³-hybridized carbons (Fsp3) is 0.125. The summed E-state index contributed by atoms with van der Waals surface area (Å²) in [6.07, 6.45) is 0.236. The number of esters is 1. The van der Waals surface area contributed by atoms with E-state index in [1.807, 2.05) is 0 Å². The molecule has 0 aliphatic heterocycles. The Labute approximate surface area is 208 Å². The minimum absolute atomic E-state index is 0.0381. The number of nitrogens with one attached hydrogen (secondary N) is 1. The lowest BCUT2D eigenvalue weighted by Crippen LogP contribution is -2.33. The van der Waals surface area contributed by atoms with Gasteiger partial charge >= 0.3 is 11.7 Å². The molecule has 10 nitrogen and oxygen atoms in total. The lowest BCUT2D eigenvalue weighted by atomic mass is 10.2. The maximum absolute atomic E-state index is 12.5. The normalized spacial score (nSPS) is 11.5. The summed E-state index contributed by atoms with van der Waals surface area (Å²) in [5.74, 6) is -0.430. The number of methoxy groups -OCH3 is 1. The number of para-hydroxylation sites is 2. The molecule has 180 valence electrons. The van der Waals surface area contributed by atoms with Crippen LogP contribution < -0.4 is 19.6 Å². The summed E-state index contributed by atoms with van der Waals surface area (Å²) < 4.78 is 16.7. The Bertz CT molecular complexity index is 1260. The fourth-order valence-electron chi connectivity index (χ4n) is 2.81. The van der Waals surface area contributed by atoms with Gasteiger partial charge in [-0.2, -0.15) is 5.10 Å². The van der Waals surface area contributed by atoms with Gasteiger partial charge in [0.1, 0.15) is 11.5 Å². The largest absolute Gasteiger partial charge is 0.497 e. The van der Waals surface area contributed by atoms with Crippen LogP contribution in [0.25, 0.3) is 0 Å². The van der Waals surface area contributed by atoms with Crippen LogP contribution in [0, 0.1) is 10.1 Å². The van der Waals surface area contributed by atoms with Crippen molar-refractivity contribution in [3.63, 3.8) is 0 Å².